The Morgan fingerprint density at radius 1 is 0.638 bits per heavy atom. The first-order valence-electron chi connectivity index (χ1n) is 19.9. The molecule has 0 radical (unpaired) electrons. The number of fused-ring (bicyclic) bond motifs is 3. The highest BCUT2D eigenvalue weighted by Gasteiger charge is 2.47. The average molecular weight is 929 g/mol. The Kier molecular flexibility index (Phi) is 18.2. The minimum Gasteiger partial charge on any atom is -0.490 e. The number of benzene rings is 4. The number of aliphatic hydroxyl groups is 1. The molecule has 4 aromatic carbocycles. The van der Waals surface area contributed by atoms with Gasteiger partial charge in [-0.05, 0) is 119 Å². The Balaban J connectivity index is 1.55. The maximum absolute atomic E-state index is 13.8. The van der Waals surface area contributed by atoms with Crippen LogP contribution in [0.15, 0.2) is 69.6 Å². The fourth-order valence-electron chi connectivity index (χ4n) is 7.31. The summed E-state index contributed by atoms with van der Waals surface area (Å²) in [5.74, 6) is -0.0340. The number of esters is 1. The van der Waals surface area contributed by atoms with Crippen LogP contribution in [0.5, 0.6) is 5.75 Å². The Morgan fingerprint density at radius 3 is 1.74 bits per heavy atom. The number of aliphatic hydroxyl groups excluding tert-OH is 1. The molecule has 0 saturated heterocycles. The first kappa shape index (κ1) is 45.9. The van der Waals surface area contributed by atoms with E-state index in [1.165, 1.54) is 0 Å². The zero-order valence-electron chi connectivity index (χ0n) is 34.3. The highest BCUT2D eigenvalue weighted by atomic mass is 79.9. The van der Waals surface area contributed by atoms with Crippen LogP contribution in [0.25, 0.3) is 11.1 Å². The molecule has 0 fully saturated rings. The molecular weight excluding hydrogens is 872 g/mol. The van der Waals surface area contributed by atoms with Crippen molar-refractivity contribution in [2.45, 2.75) is 46.1 Å². The number of carbonyl (C=O) groups is 1. The molecule has 12 heteroatoms. The predicted octanol–water partition coefficient (Wildman–Crippen LogP) is 8.53. The third-order valence-corrected chi connectivity index (χ3v) is 11.9. The average Bonchev–Trinajstić information content (AvgIpc) is 3.47. The molecule has 4 aromatic rings. The third-order valence-electron chi connectivity index (χ3n) is 10.2. The molecule has 0 aromatic heterocycles. The van der Waals surface area contributed by atoms with Gasteiger partial charge in [-0.15, -0.1) is 0 Å². The minimum absolute atomic E-state index is 0.00361. The largest absolute Gasteiger partial charge is 0.490 e. The van der Waals surface area contributed by atoms with Crippen molar-refractivity contribution < 1.29 is 47.8 Å². The Hall–Kier alpha value is -3.17. The van der Waals surface area contributed by atoms with Gasteiger partial charge in [0.1, 0.15) is 17.9 Å². The topological polar surface area (TPSA) is 111 Å². The Labute approximate surface area is 359 Å². The fourth-order valence-corrected chi connectivity index (χ4v) is 8.00. The number of hydrogen-bond acceptors (Lipinski definition) is 10. The lowest BCUT2D eigenvalue weighted by atomic mass is 9.67. The Bertz CT molecular complexity index is 1910. The van der Waals surface area contributed by atoms with Gasteiger partial charge in [0.25, 0.3) is 0 Å². The second kappa shape index (κ2) is 23.0. The first-order valence-corrected chi connectivity index (χ1v) is 21.5. The van der Waals surface area contributed by atoms with Gasteiger partial charge in [-0.2, -0.15) is 0 Å². The summed E-state index contributed by atoms with van der Waals surface area (Å²) in [6.45, 7) is 13.4. The molecule has 5 rings (SSSR count). The molecule has 314 valence electrons. The van der Waals surface area contributed by atoms with Crippen LogP contribution in [0.2, 0.25) is 0 Å². The standard InChI is InChI=1S/C46H56Br2O10/c1-6-33-26-35(9-8-34(33)30-56-21-20-54-17-16-52-13-12-49)46(40-28-42(47)31(3)24-37(40)38-25-32(4)43(48)29-41(38)46)36-10-11-44(39(27-36)45(50)57-7-2)58-23-22-55-19-18-53-15-14-51-5/h8-11,24-29,49H,6-7,12-23,30H2,1-5H3. The lowest BCUT2D eigenvalue weighted by Crippen LogP contribution is -2.29. The minimum atomic E-state index is -0.821. The van der Waals surface area contributed by atoms with Crippen molar-refractivity contribution in [2.75, 3.05) is 93.0 Å². The van der Waals surface area contributed by atoms with Crippen LogP contribution in [0.1, 0.15) is 68.7 Å². The summed E-state index contributed by atoms with van der Waals surface area (Å²) in [5.41, 5.74) is 10.5. The number of aryl methyl sites for hydroxylation is 3. The molecule has 0 spiro atoms. The molecule has 0 heterocycles. The van der Waals surface area contributed by atoms with E-state index in [0.29, 0.717) is 84.0 Å². The smallest absolute Gasteiger partial charge is 0.341 e. The summed E-state index contributed by atoms with van der Waals surface area (Å²) in [4.78, 5) is 13.8. The molecule has 0 unspecified atom stereocenters. The van der Waals surface area contributed by atoms with Crippen molar-refractivity contribution in [3.8, 4) is 16.9 Å². The molecular formula is C46H56Br2O10. The van der Waals surface area contributed by atoms with Gasteiger partial charge in [0.2, 0.25) is 0 Å². The van der Waals surface area contributed by atoms with Gasteiger partial charge < -0.3 is 43.0 Å². The number of ether oxygens (including phenoxy) is 8. The quantitative estimate of drug-likeness (QED) is 0.0452. The van der Waals surface area contributed by atoms with Crippen molar-refractivity contribution in [3.63, 3.8) is 0 Å². The molecule has 1 aliphatic rings. The summed E-state index contributed by atoms with van der Waals surface area (Å²) in [7, 11) is 1.64. The van der Waals surface area contributed by atoms with Gasteiger partial charge in [0.15, 0.2) is 0 Å². The third kappa shape index (κ3) is 11.0. The summed E-state index contributed by atoms with van der Waals surface area (Å²) >= 11 is 7.76. The van der Waals surface area contributed by atoms with E-state index in [-0.39, 0.29) is 19.8 Å². The van der Waals surface area contributed by atoms with Crippen LogP contribution in [0.4, 0.5) is 0 Å². The lowest BCUT2D eigenvalue weighted by Gasteiger charge is -2.35. The summed E-state index contributed by atoms with van der Waals surface area (Å²) in [6.07, 6.45) is 0.790. The van der Waals surface area contributed by atoms with E-state index in [1.807, 2.05) is 12.1 Å². The Morgan fingerprint density at radius 2 is 1.17 bits per heavy atom. The maximum atomic E-state index is 13.8. The van der Waals surface area contributed by atoms with E-state index < -0.39 is 11.4 Å². The van der Waals surface area contributed by atoms with Crippen molar-refractivity contribution in [3.05, 3.63) is 120 Å². The summed E-state index contributed by atoms with van der Waals surface area (Å²) < 4.78 is 47.0. The van der Waals surface area contributed by atoms with E-state index in [1.54, 1.807) is 14.0 Å². The number of methoxy groups -OCH3 is 1. The SMILES string of the molecule is CCOC(=O)c1cc(C2(c3ccc(COCCOCCOCCO)c(CC)c3)c3cc(Br)c(C)cc3-c3cc(C)c(Br)cc32)ccc1OCCOCCOCCOC. The van der Waals surface area contributed by atoms with Crippen LogP contribution < -0.4 is 4.74 Å². The van der Waals surface area contributed by atoms with Crippen molar-refractivity contribution in [1.82, 2.24) is 0 Å². The van der Waals surface area contributed by atoms with Crippen LogP contribution in [-0.4, -0.2) is 104 Å². The van der Waals surface area contributed by atoms with Crippen LogP contribution in [-0.2, 0) is 51.6 Å². The van der Waals surface area contributed by atoms with Gasteiger partial charge >= 0.3 is 5.97 Å². The number of rotatable bonds is 25. The molecule has 0 saturated carbocycles. The van der Waals surface area contributed by atoms with Crippen LogP contribution >= 0.6 is 31.9 Å². The van der Waals surface area contributed by atoms with Gasteiger partial charge in [0.05, 0.1) is 91.3 Å². The predicted molar refractivity (Wildman–Crippen MR) is 231 cm³/mol. The monoisotopic (exact) mass is 926 g/mol. The molecule has 0 aliphatic heterocycles. The van der Waals surface area contributed by atoms with E-state index in [0.717, 1.165) is 71.0 Å². The highest BCUT2D eigenvalue weighted by Crippen LogP contribution is 2.58. The van der Waals surface area contributed by atoms with Crippen molar-refractivity contribution in [1.29, 1.82) is 0 Å². The van der Waals surface area contributed by atoms with Gasteiger partial charge in [-0.25, -0.2) is 4.79 Å². The summed E-state index contributed by atoms with van der Waals surface area (Å²) in [6, 6.07) is 21.5. The number of halogens is 2. The second-order valence-electron chi connectivity index (χ2n) is 13.9. The van der Waals surface area contributed by atoms with E-state index in [4.69, 9.17) is 43.0 Å². The molecule has 1 N–H and O–H groups in total. The molecule has 10 nitrogen and oxygen atoms in total. The normalized spacial score (nSPS) is 12.8. The zero-order chi connectivity index (χ0) is 41.5. The van der Waals surface area contributed by atoms with Crippen molar-refractivity contribution in [2.24, 2.45) is 0 Å². The van der Waals surface area contributed by atoms with E-state index in [9.17, 15) is 4.79 Å². The van der Waals surface area contributed by atoms with Crippen molar-refractivity contribution >= 4 is 37.8 Å². The number of carbonyl (C=O) groups excluding carboxylic acids is 1. The van der Waals surface area contributed by atoms with E-state index in [2.05, 4.69) is 101 Å². The molecule has 58 heavy (non-hydrogen) atoms. The second-order valence-corrected chi connectivity index (χ2v) is 15.6. The lowest BCUT2D eigenvalue weighted by molar-refractivity contribution is 0.00442. The van der Waals surface area contributed by atoms with Gasteiger partial charge in [-0.3, -0.25) is 0 Å². The van der Waals surface area contributed by atoms with Crippen LogP contribution in [0, 0.1) is 13.8 Å². The maximum Gasteiger partial charge on any atom is 0.341 e. The zero-order valence-corrected chi connectivity index (χ0v) is 37.4. The molecule has 0 atom stereocenters. The first-order chi connectivity index (χ1) is 28.2. The summed E-state index contributed by atoms with van der Waals surface area (Å²) in [5, 5.41) is 8.88. The van der Waals surface area contributed by atoms with E-state index >= 15 is 0 Å². The molecule has 1 aliphatic carbocycles. The molecule has 0 amide bonds. The van der Waals surface area contributed by atoms with Gasteiger partial charge in [0, 0.05) is 16.1 Å². The highest BCUT2D eigenvalue weighted by molar-refractivity contribution is 9.10. The number of hydrogen-bond donors (Lipinski definition) is 1. The van der Waals surface area contributed by atoms with Gasteiger partial charge in [-0.1, -0.05) is 63.0 Å². The van der Waals surface area contributed by atoms with Crippen LogP contribution in [0.3, 0.4) is 0 Å². The fraction of sp³-hybridized carbons (Fsp3) is 0.457. The molecule has 0 bridgehead atoms.